The third-order valence-electron chi connectivity index (χ3n) is 4.54. The van der Waals surface area contributed by atoms with Gasteiger partial charge in [0.25, 0.3) is 0 Å². The number of nitrogens with one attached hydrogen (secondary N) is 1. The van der Waals surface area contributed by atoms with Gasteiger partial charge in [-0.1, -0.05) is 36.0 Å². The monoisotopic (exact) mass is 450 g/mol. The van der Waals surface area contributed by atoms with Gasteiger partial charge in [-0.05, 0) is 44.2 Å². The van der Waals surface area contributed by atoms with Crippen molar-refractivity contribution in [2.75, 3.05) is 11.1 Å². The van der Waals surface area contributed by atoms with Crippen molar-refractivity contribution in [2.45, 2.75) is 25.1 Å². The molecule has 9 heteroatoms. The van der Waals surface area contributed by atoms with Crippen LogP contribution in [0.4, 0.5) is 5.69 Å². The zero-order valence-electron chi connectivity index (χ0n) is 17.9. The SMILES string of the molecule is CC(C)OC(=O)c1cccc(NC(=O)CSc2nnc(-c3cc4ccccc4o3)n2C)c1. The van der Waals surface area contributed by atoms with E-state index in [4.69, 9.17) is 9.15 Å². The van der Waals surface area contributed by atoms with Gasteiger partial charge in [0, 0.05) is 18.1 Å². The zero-order chi connectivity index (χ0) is 22.7. The fourth-order valence-electron chi connectivity index (χ4n) is 3.08. The fourth-order valence-corrected chi connectivity index (χ4v) is 3.79. The number of aromatic nitrogens is 3. The molecule has 0 fully saturated rings. The molecule has 0 aliphatic rings. The lowest BCUT2D eigenvalue weighted by atomic mass is 10.2. The van der Waals surface area contributed by atoms with Crippen LogP contribution in [-0.4, -0.2) is 38.5 Å². The van der Waals surface area contributed by atoms with Gasteiger partial charge >= 0.3 is 5.97 Å². The van der Waals surface area contributed by atoms with Crippen LogP contribution in [0.1, 0.15) is 24.2 Å². The summed E-state index contributed by atoms with van der Waals surface area (Å²) in [7, 11) is 1.83. The highest BCUT2D eigenvalue weighted by Gasteiger charge is 2.17. The van der Waals surface area contributed by atoms with Crippen LogP contribution in [0, 0.1) is 0 Å². The van der Waals surface area contributed by atoms with E-state index < -0.39 is 5.97 Å². The summed E-state index contributed by atoms with van der Waals surface area (Å²) < 4.78 is 12.8. The molecule has 0 saturated heterocycles. The van der Waals surface area contributed by atoms with E-state index in [0.717, 1.165) is 11.0 Å². The molecule has 1 N–H and O–H groups in total. The van der Waals surface area contributed by atoms with Gasteiger partial charge in [0.1, 0.15) is 5.58 Å². The largest absolute Gasteiger partial charge is 0.459 e. The van der Waals surface area contributed by atoms with E-state index in [1.165, 1.54) is 11.8 Å². The van der Waals surface area contributed by atoms with Gasteiger partial charge < -0.3 is 19.0 Å². The smallest absolute Gasteiger partial charge is 0.338 e. The van der Waals surface area contributed by atoms with E-state index in [0.29, 0.717) is 28.0 Å². The van der Waals surface area contributed by atoms with Gasteiger partial charge in [0.05, 0.1) is 17.4 Å². The van der Waals surface area contributed by atoms with Crippen molar-refractivity contribution in [1.29, 1.82) is 0 Å². The van der Waals surface area contributed by atoms with Crippen molar-refractivity contribution in [2.24, 2.45) is 7.05 Å². The Balaban J connectivity index is 1.39. The molecule has 0 aliphatic carbocycles. The molecule has 0 saturated carbocycles. The van der Waals surface area contributed by atoms with Crippen molar-refractivity contribution in [3.8, 4) is 11.6 Å². The molecular formula is C23H22N4O4S. The first-order valence-electron chi connectivity index (χ1n) is 10.0. The van der Waals surface area contributed by atoms with E-state index in [1.807, 2.05) is 37.4 Å². The number of rotatable bonds is 7. The molecule has 0 spiro atoms. The summed E-state index contributed by atoms with van der Waals surface area (Å²) in [5.74, 6) is 0.677. The molecular weight excluding hydrogens is 428 g/mol. The average molecular weight is 451 g/mol. The maximum Gasteiger partial charge on any atom is 0.338 e. The van der Waals surface area contributed by atoms with Crippen LogP contribution in [0.5, 0.6) is 0 Å². The number of thioether (sulfide) groups is 1. The molecule has 2 aromatic carbocycles. The number of esters is 1. The average Bonchev–Trinajstić information content (AvgIpc) is 3.35. The number of fused-ring (bicyclic) bond motifs is 1. The lowest BCUT2D eigenvalue weighted by Gasteiger charge is -2.09. The number of benzene rings is 2. The van der Waals surface area contributed by atoms with Crippen LogP contribution in [0.2, 0.25) is 0 Å². The van der Waals surface area contributed by atoms with Gasteiger partial charge in [-0.25, -0.2) is 4.79 Å². The van der Waals surface area contributed by atoms with Gasteiger partial charge in [0.2, 0.25) is 5.91 Å². The van der Waals surface area contributed by atoms with Crippen LogP contribution in [0.25, 0.3) is 22.6 Å². The topological polar surface area (TPSA) is 99.2 Å². The molecule has 0 atom stereocenters. The van der Waals surface area contributed by atoms with Crippen molar-refractivity contribution in [1.82, 2.24) is 14.8 Å². The summed E-state index contributed by atoms with van der Waals surface area (Å²) in [6.07, 6.45) is -0.215. The number of carbonyl (C=O) groups is 2. The minimum atomic E-state index is -0.428. The van der Waals surface area contributed by atoms with Crippen molar-refractivity contribution < 1.29 is 18.7 Å². The molecule has 0 unspecified atom stereocenters. The number of hydrogen-bond donors (Lipinski definition) is 1. The first kappa shape index (κ1) is 21.6. The second-order valence-electron chi connectivity index (χ2n) is 7.39. The summed E-state index contributed by atoms with van der Waals surface area (Å²) in [5.41, 5.74) is 1.68. The number of para-hydroxylation sites is 1. The number of furan rings is 1. The van der Waals surface area contributed by atoms with E-state index >= 15 is 0 Å². The molecule has 0 bridgehead atoms. The number of carbonyl (C=O) groups excluding carboxylic acids is 2. The molecule has 4 aromatic rings. The summed E-state index contributed by atoms with van der Waals surface area (Å²) in [6.45, 7) is 3.57. The normalized spacial score (nSPS) is 11.1. The van der Waals surface area contributed by atoms with Gasteiger partial charge in [-0.15, -0.1) is 10.2 Å². The highest BCUT2D eigenvalue weighted by atomic mass is 32.2. The van der Waals surface area contributed by atoms with Gasteiger partial charge in [-0.3, -0.25) is 4.79 Å². The second kappa shape index (κ2) is 9.27. The Morgan fingerprint density at radius 1 is 1.12 bits per heavy atom. The maximum atomic E-state index is 12.4. The van der Waals surface area contributed by atoms with Crippen LogP contribution in [0.15, 0.2) is 64.2 Å². The molecule has 0 aliphatic heterocycles. The Kier molecular flexibility index (Phi) is 6.27. The first-order chi connectivity index (χ1) is 15.4. The Hall–Kier alpha value is -3.59. The number of anilines is 1. The maximum absolute atomic E-state index is 12.4. The standard InChI is InChI=1S/C23H22N4O4S/c1-14(2)30-22(29)16-8-6-9-17(11-16)24-20(28)13-32-23-26-25-21(27(23)3)19-12-15-7-4-5-10-18(15)31-19/h4-12,14H,13H2,1-3H3,(H,24,28). The minimum Gasteiger partial charge on any atom is -0.459 e. The third kappa shape index (κ3) is 4.83. The third-order valence-corrected chi connectivity index (χ3v) is 5.56. The van der Waals surface area contributed by atoms with Gasteiger partial charge in [-0.2, -0.15) is 0 Å². The van der Waals surface area contributed by atoms with E-state index in [2.05, 4.69) is 15.5 Å². The number of nitrogens with zero attached hydrogens (tertiary/aromatic N) is 3. The van der Waals surface area contributed by atoms with E-state index in [1.54, 1.807) is 42.7 Å². The molecule has 2 aromatic heterocycles. The Morgan fingerprint density at radius 3 is 2.72 bits per heavy atom. The molecule has 0 radical (unpaired) electrons. The summed E-state index contributed by atoms with van der Waals surface area (Å²) in [5, 5.41) is 12.8. The number of amides is 1. The van der Waals surface area contributed by atoms with Gasteiger partial charge in [0.15, 0.2) is 16.7 Å². The second-order valence-corrected chi connectivity index (χ2v) is 8.33. The zero-order valence-corrected chi connectivity index (χ0v) is 18.7. The van der Waals surface area contributed by atoms with Crippen LogP contribution in [-0.2, 0) is 16.6 Å². The van der Waals surface area contributed by atoms with Crippen molar-refractivity contribution in [3.63, 3.8) is 0 Å². The number of ether oxygens (including phenoxy) is 1. The summed E-state index contributed by atoms with van der Waals surface area (Å²) >= 11 is 1.26. The predicted molar refractivity (Wildman–Crippen MR) is 123 cm³/mol. The summed E-state index contributed by atoms with van der Waals surface area (Å²) in [4.78, 5) is 24.5. The lowest BCUT2D eigenvalue weighted by molar-refractivity contribution is -0.113. The highest BCUT2D eigenvalue weighted by molar-refractivity contribution is 7.99. The Labute approximate surface area is 189 Å². The van der Waals surface area contributed by atoms with Crippen LogP contribution in [0.3, 0.4) is 0 Å². The Bertz CT molecular complexity index is 1240. The highest BCUT2D eigenvalue weighted by Crippen LogP contribution is 2.28. The van der Waals surface area contributed by atoms with E-state index in [-0.39, 0.29) is 17.8 Å². The minimum absolute atomic E-state index is 0.132. The predicted octanol–water partition coefficient (Wildman–Crippen LogP) is 4.52. The molecule has 164 valence electrons. The van der Waals surface area contributed by atoms with Crippen molar-refractivity contribution >= 4 is 40.3 Å². The molecule has 2 heterocycles. The lowest BCUT2D eigenvalue weighted by Crippen LogP contribution is -2.16. The Morgan fingerprint density at radius 2 is 1.94 bits per heavy atom. The van der Waals surface area contributed by atoms with E-state index in [9.17, 15) is 9.59 Å². The summed E-state index contributed by atoms with van der Waals surface area (Å²) in [6, 6.07) is 16.3. The number of hydrogen-bond acceptors (Lipinski definition) is 7. The molecule has 1 amide bonds. The molecule has 32 heavy (non-hydrogen) atoms. The van der Waals surface area contributed by atoms with Crippen LogP contribution >= 0.6 is 11.8 Å². The molecule has 4 rings (SSSR count). The first-order valence-corrected chi connectivity index (χ1v) is 11.0. The van der Waals surface area contributed by atoms with Crippen molar-refractivity contribution in [3.05, 3.63) is 60.2 Å². The molecule has 8 nitrogen and oxygen atoms in total. The van der Waals surface area contributed by atoms with Crippen LogP contribution < -0.4 is 5.32 Å². The quantitative estimate of drug-likeness (QED) is 0.326. The fraction of sp³-hybridized carbons (Fsp3) is 0.217.